The standard InChI is InChI=1S/C11H21N5O2S/c1-4-5-10-14-9(12)8-11(15-10)13-6-7-19(17,18)16(2)3/h8H,4-7H2,1-3H3,(H3,12,13,14,15). The van der Waals surface area contributed by atoms with Crippen LogP contribution in [0.25, 0.3) is 0 Å². The van der Waals surface area contributed by atoms with Crippen LogP contribution in [0.15, 0.2) is 6.07 Å². The zero-order valence-corrected chi connectivity index (χ0v) is 12.4. The van der Waals surface area contributed by atoms with E-state index < -0.39 is 10.0 Å². The first-order chi connectivity index (χ1) is 8.85. The normalized spacial score (nSPS) is 11.8. The Kier molecular flexibility index (Phi) is 5.49. The molecule has 0 bridgehead atoms. The molecule has 0 aliphatic heterocycles. The number of hydrogen-bond acceptors (Lipinski definition) is 6. The van der Waals surface area contributed by atoms with Crippen LogP contribution >= 0.6 is 0 Å². The smallest absolute Gasteiger partial charge is 0.215 e. The molecule has 0 fully saturated rings. The van der Waals surface area contributed by atoms with Crippen LogP contribution in [0.5, 0.6) is 0 Å². The lowest BCUT2D eigenvalue weighted by atomic mass is 10.3. The van der Waals surface area contributed by atoms with E-state index in [-0.39, 0.29) is 12.3 Å². The van der Waals surface area contributed by atoms with Gasteiger partial charge in [-0.05, 0) is 6.42 Å². The third-order valence-corrected chi connectivity index (χ3v) is 4.32. The molecule has 0 amide bonds. The second-order valence-corrected chi connectivity index (χ2v) is 6.67. The molecule has 0 spiro atoms. The summed E-state index contributed by atoms with van der Waals surface area (Å²) in [6.07, 6.45) is 1.67. The molecule has 7 nitrogen and oxygen atoms in total. The molecule has 0 atom stereocenters. The van der Waals surface area contributed by atoms with Crippen molar-refractivity contribution in [2.75, 3.05) is 37.4 Å². The second kappa shape index (κ2) is 6.67. The first-order valence-corrected chi connectivity index (χ1v) is 7.73. The lowest BCUT2D eigenvalue weighted by Crippen LogP contribution is -2.28. The third kappa shape index (κ3) is 4.99. The van der Waals surface area contributed by atoms with Crippen molar-refractivity contribution in [3.63, 3.8) is 0 Å². The van der Waals surface area contributed by atoms with Crippen molar-refractivity contribution in [2.24, 2.45) is 0 Å². The molecule has 0 aromatic carbocycles. The van der Waals surface area contributed by atoms with E-state index in [9.17, 15) is 8.42 Å². The van der Waals surface area contributed by atoms with Crippen LogP contribution in [0.2, 0.25) is 0 Å². The number of nitrogens with one attached hydrogen (secondary N) is 1. The van der Waals surface area contributed by atoms with Gasteiger partial charge in [-0.25, -0.2) is 22.7 Å². The van der Waals surface area contributed by atoms with E-state index in [0.717, 1.165) is 12.8 Å². The minimum Gasteiger partial charge on any atom is -0.384 e. The van der Waals surface area contributed by atoms with Crippen LogP contribution in [0.1, 0.15) is 19.2 Å². The number of nitrogen functional groups attached to an aromatic ring is 1. The number of aromatic nitrogens is 2. The van der Waals surface area contributed by atoms with Crippen LogP contribution in [-0.4, -0.2) is 49.1 Å². The maximum atomic E-state index is 11.6. The monoisotopic (exact) mass is 287 g/mol. The fourth-order valence-electron chi connectivity index (χ4n) is 1.43. The summed E-state index contributed by atoms with van der Waals surface area (Å²) in [5.41, 5.74) is 5.68. The van der Waals surface area contributed by atoms with Gasteiger partial charge in [-0.2, -0.15) is 0 Å². The number of anilines is 2. The van der Waals surface area contributed by atoms with Gasteiger partial charge in [-0.3, -0.25) is 0 Å². The Morgan fingerprint density at radius 2 is 2.05 bits per heavy atom. The van der Waals surface area contributed by atoms with Gasteiger partial charge >= 0.3 is 0 Å². The summed E-state index contributed by atoms with van der Waals surface area (Å²) in [6.45, 7) is 2.31. The molecule has 0 saturated carbocycles. The lowest BCUT2D eigenvalue weighted by Gasteiger charge is -2.12. The van der Waals surface area contributed by atoms with Crippen LogP contribution in [-0.2, 0) is 16.4 Å². The van der Waals surface area contributed by atoms with E-state index in [1.807, 2.05) is 6.92 Å². The van der Waals surface area contributed by atoms with Gasteiger partial charge in [-0.1, -0.05) is 6.92 Å². The molecular weight excluding hydrogens is 266 g/mol. The zero-order valence-electron chi connectivity index (χ0n) is 11.5. The van der Waals surface area contributed by atoms with Crippen molar-refractivity contribution in [2.45, 2.75) is 19.8 Å². The fourth-order valence-corrected chi connectivity index (χ4v) is 2.16. The number of aryl methyl sites for hydroxylation is 1. The summed E-state index contributed by atoms with van der Waals surface area (Å²) < 4.78 is 24.4. The summed E-state index contributed by atoms with van der Waals surface area (Å²) >= 11 is 0. The van der Waals surface area contributed by atoms with Gasteiger partial charge in [0.1, 0.15) is 17.5 Å². The molecular formula is C11H21N5O2S. The van der Waals surface area contributed by atoms with Crippen LogP contribution in [0.3, 0.4) is 0 Å². The Labute approximate surface area is 114 Å². The van der Waals surface area contributed by atoms with Gasteiger partial charge in [0.15, 0.2) is 0 Å². The van der Waals surface area contributed by atoms with E-state index in [1.165, 1.54) is 18.4 Å². The minimum atomic E-state index is -3.20. The molecule has 1 aromatic heterocycles. The maximum Gasteiger partial charge on any atom is 0.215 e. The molecule has 19 heavy (non-hydrogen) atoms. The number of hydrogen-bond donors (Lipinski definition) is 2. The van der Waals surface area contributed by atoms with E-state index in [2.05, 4.69) is 15.3 Å². The predicted octanol–water partition coefficient (Wildman–Crippen LogP) is 0.315. The average Bonchev–Trinajstić information content (AvgIpc) is 2.28. The lowest BCUT2D eigenvalue weighted by molar-refractivity contribution is 0.521. The predicted molar refractivity (Wildman–Crippen MR) is 76.4 cm³/mol. The van der Waals surface area contributed by atoms with Crippen LogP contribution in [0.4, 0.5) is 11.6 Å². The molecule has 3 N–H and O–H groups in total. The summed E-state index contributed by atoms with van der Waals surface area (Å²) in [5, 5.41) is 2.96. The van der Waals surface area contributed by atoms with Gasteiger partial charge in [-0.15, -0.1) is 0 Å². The highest BCUT2D eigenvalue weighted by Crippen LogP contribution is 2.09. The fraction of sp³-hybridized carbons (Fsp3) is 0.636. The first-order valence-electron chi connectivity index (χ1n) is 6.12. The van der Waals surface area contributed by atoms with E-state index in [0.29, 0.717) is 17.5 Å². The molecule has 0 radical (unpaired) electrons. The van der Waals surface area contributed by atoms with Gasteiger partial charge in [0.05, 0.1) is 5.75 Å². The van der Waals surface area contributed by atoms with Gasteiger partial charge in [0, 0.05) is 33.1 Å². The number of nitrogens with zero attached hydrogens (tertiary/aromatic N) is 3. The van der Waals surface area contributed by atoms with Gasteiger partial charge in [0.25, 0.3) is 0 Å². The summed E-state index contributed by atoms with van der Waals surface area (Å²) in [6, 6.07) is 1.60. The summed E-state index contributed by atoms with van der Waals surface area (Å²) in [4.78, 5) is 8.39. The third-order valence-electron chi connectivity index (χ3n) is 2.49. The van der Waals surface area contributed by atoms with Crippen molar-refractivity contribution < 1.29 is 8.42 Å². The van der Waals surface area contributed by atoms with Gasteiger partial charge < -0.3 is 11.1 Å². The van der Waals surface area contributed by atoms with Crippen molar-refractivity contribution >= 4 is 21.7 Å². The van der Waals surface area contributed by atoms with E-state index in [4.69, 9.17) is 5.73 Å². The van der Waals surface area contributed by atoms with Crippen molar-refractivity contribution in [1.29, 1.82) is 0 Å². The Morgan fingerprint density at radius 3 is 2.63 bits per heavy atom. The topological polar surface area (TPSA) is 101 Å². The number of rotatable bonds is 7. The SMILES string of the molecule is CCCc1nc(N)cc(NCCS(=O)(=O)N(C)C)n1. The van der Waals surface area contributed by atoms with Crippen LogP contribution < -0.4 is 11.1 Å². The molecule has 1 heterocycles. The molecule has 1 aromatic rings. The Morgan fingerprint density at radius 1 is 1.37 bits per heavy atom. The Hall–Kier alpha value is -1.41. The van der Waals surface area contributed by atoms with E-state index >= 15 is 0 Å². The van der Waals surface area contributed by atoms with E-state index in [1.54, 1.807) is 6.07 Å². The highest BCUT2D eigenvalue weighted by Gasteiger charge is 2.13. The highest BCUT2D eigenvalue weighted by atomic mass is 32.2. The Bertz CT molecular complexity index is 516. The Balaban J connectivity index is 2.63. The largest absolute Gasteiger partial charge is 0.384 e. The van der Waals surface area contributed by atoms with Crippen molar-refractivity contribution in [3.05, 3.63) is 11.9 Å². The van der Waals surface area contributed by atoms with Crippen molar-refractivity contribution in [3.8, 4) is 0 Å². The van der Waals surface area contributed by atoms with Crippen LogP contribution in [0, 0.1) is 0 Å². The molecule has 0 aliphatic carbocycles. The summed E-state index contributed by atoms with van der Waals surface area (Å²) in [5.74, 6) is 1.62. The highest BCUT2D eigenvalue weighted by molar-refractivity contribution is 7.89. The summed E-state index contributed by atoms with van der Waals surface area (Å²) in [7, 11) is -0.180. The molecule has 0 aliphatic rings. The molecule has 0 unspecified atom stereocenters. The number of nitrogens with two attached hydrogens (primary N) is 1. The average molecular weight is 287 g/mol. The van der Waals surface area contributed by atoms with Crippen molar-refractivity contribution in [1.82, 2.24) is 14.3 Å². The maximum absolute atomic E-state index is 11.6. The zero-order chi connectivity index (χ0) is 14.5. The van der Waals surface area contributed by atoms with Gasteiger partial charge in [0.2, 0.25) is 10.0 Å². The second-order valence-electron chi connectivity index (χ2n) is 4.37. The molecule has 1 rings (SSSR count). The number of sulfonamides is 1. The first kappa shape index (κ1) is 15.6. The molecule has 108 valence electrons. The molecule has 0 saturated heterocycles. The quantitative estimate of drug-likeness (QED) is 0.748. The minimum absolute atomic E-state index is 0.00696. The molecule has 8 heteroatoms.